The van der Waals surface area contributed by atoms with Gasteiger partial charge in [-0.1, -0.05) is 73.3 Å². The fraction of sp³-hybridized carbons (Fsp3) is 0. The second-order valence-electron chi connectivity index (χ2n) is 3.86. The van der Waals surface area contributed by atoms with Crippen LogP contribution in [-0.4, -0.2) is 0 Å². The Balaban J connectivity index is 2.53. The molecule has 0 amide bonds. The van der Waals surface area contributed by atoms with E-state index in [1.807, 2.05) is 24.3 Å². The van der Waals surface area contributed by atoms with Gasteiger partial charge in [-0.2, -0.15) is 0 Å². The molecule has 0 nitrogen and oxygen atoms in total. The fourth-order valence-electron chi connectivity index (χ4n) is 1.74. The van der Waals surface area contributed by atoms with Crippen LogP contribution < -0.4 is 0 Å². The average molecular weight is 259 g/mol. The second-order valence-corrected chi connectivity index (χ2v) is 4.24. The van der Waals surface area contributed by atoms with E-state index in [4.69, 9.17) is 11.6 Å². The van der Waals surface area contributed by atoms with Gasteiger partial charge >= 0.3 is 0 Å². The molecule has 90 valence electrons. The molecule has 0 aliphatic rings. The van der Waals surface area contributed by atoms with Gasteiger partial charge in [0.15, 0.2) is 0 Å². The molecule has 0 aliphatic heterocycles. The molecule has 0 N–H and O–H groups in total. The van der Waals surface area contributed by atoms with Crippen LogP contribution in [0.4, 0.5) is 4.39 Å². The molecule has 0 radical (unpaired) electrons. The topological polar surface area (TPSA) is 0 Å². The van der Waals surface area contributed by atoms with Gasteiger partial charge in [-0.15, -0.1) is 0 Å². The molecule has 2 aromatic carbocycles. The summed E-state index contributed by atoms with van der Waals surface area (Å²) in [6.45, 7) is 7.28. The molecule has 18 heavy (non-hydrogen) atoms. The number of hydrogen-bond donors (Lipinski definition) is 0. The van der Waals surface area contributed by atoms with Crippen molar-refractivity contribution in [2.24, 2.45) is 0 Å². The molecule has 0 atom stereocenters. The van der Waals surface area contributed by atoms with Gasteiger partial charge in [0.25, 0.3) is 0 Å². The summed E-state index contributed by atoms with van der Waals surface area (Å²) in [5.74, 6) is -0.416. The van der Waals surface area contributed by atoms with E-state index in [0.717, 1.165) is 11.1 Å². The van der Waals surface area contributed by atoms with Crippen molar-refractivity contribution in [3.63, 3.8) is 0 Å². The van der Waals surface area contributed by atoms with Crippen LogP contribution in [0, 0.1) is 5.82 Å². The monoisotopic (exact) mass is 258 g/mol. The predicted molar refractivity (Wildman–Crippen MR) is 77.0 cm³/mol. The summed E-state index contributed by atoms with van der Waals surface area (Å²) in [6.07, 6.45) is 3.28. The fourth-order valence-corrected chi connectivity index (χ4v) is 1.99. The molecule has 0 aromatic heterocycles. The Kier molecular flexibility index (Phi) is 3.63. The lowest BCUT2D eigenvalue weighted by Crippen LogP contribution is -1.88. The Bertz CT molecular complexity index is 597. The highest BCUT2D eigenvalue weighted by atomic mass is 35.5. The first-order valence-electron chi connectivity index (χ1n) is 5.50. The molecule has 0 bridgehead atoms. The molecule has 0 heterocycles. The van der Waals surface area contributed by atoms with Crippen molar-refractivity contribution < 1.29 is 4.39 Å². The SMILES string of the molecule is C=Cc1ccc(-c2ccc(C=C)c(Cl)c2F)cc1. The zero-order valence-corrected chi connectivity index (χ0v) is 10.5. The number of hydrogen-bond acceptors (Lipinski definition) is 0. The molecule has 0 fully saturated rings. The lowest BCUT2D eigenvalue weighted by molar-refractivity contribution is 0.631. The first-order valence-corrected chi connectivity index (χ1v) is 5.88. The minimum atomic E-state index is -0.416. The molecule has 2 rings (SSSR count). The molecule has 0 spiro atoms. The van der Waals surface area contributed by atoms with Crippen LogP contribution in [-0.2, 0) is 0 Å². The van der Waals surface area contributed by atoms with E-state index in [1.165, 1.54) is 6.08 Å². The first-order chi connectivity index (χ1) is 8.67. The largest absolute Gasteiger partial charge is 0.205 e. The van der Waals surface area contributed by atoms with Crippen molar-refractivity contribution in [3.8, 4) is 11.1 Å². The maximum atomic E-state index is 14.1. The smallest absolute Gasteiger partial charge is 0.150 e. The maximum absolute atomic E-state index is 14.1. The van der Waals surface area contributed by atoms with E-state index in [2.05, 4.69) is 13.2 Å². The molecule has 2 heteroatoms. The normalized spacial score (nSPS) is 10.1. The molecular formula is C16H12ClF. The second kappa shape index (κ2) is 5.19. The summed E-state index contributed by atoms with van der Waals surface area (Å²) >= 11 is 5.94. The van der Waals surface area contributed by atoms with Crippen molar-refractivity contribution in [2.75, 3.05) is 0 Å². The maximum Gasteiger partial charge on any atom is 0.150 e. The van der Waals surface area contributed by atoms with Gasteiger partial charge in [-0.3, -0.25) is 0 Å². The standard InChI is InChI=1S/C16H12ClF/c1-3-11-5-7-13(8-6-11)14-10-9-12(4-2)15(17)16(14)18/h3-10H,1-2H2. The lowest BCUT2D eigenvalue weighted by atomic mass is 10.0. The van der Waals surface area contributed by atoms with Crippen LogP contribution in [0.2, 0.25) is 5.02 Å². The third-order valence-electron chi connectivity index (χ3n) is 2.79. The van der Waals surface area contributed by atoms with Gasteiger partial charge in [0.1, 0.15) is 5.82 Å². The Hall–Kier alpha value is -1.86. The van der Waals surface area contributed by atoms with Gasteiger partial charge in [-0.05, 0) is 16.7 Å². The van der Waals surface area contributed by atoms with Crippen LogP contribution in [0.25, 0.3) is 23.3 Å². The summed E-state index contributed by atoms with van der Waals surface area (Å²) in [6, 6.07) is 10.9. The van der Waals surface area contributed by atoms with Crippen molar-refractivity contribution in [1.82, 2.24) is 0 Å². The first kappa shape index (κ1) is 12.6. The number of benzene rings is 2. The predicted octanol–water partition coefficient (Wildman–Crippen LogP) is 5.43. The van der Waals surface area contributed by atoms with Gasteiger partial charge < -0.3 is 0 Å². The molecule has 0 saturated carbocycles. The number of rotatable bonds is 3. The summed E-state index contributed by atoms with van der Waals surface area (Å²) in [4.78, 5) is 0. The van der Waals surface area contributed by atoms with Crippen LogP contribution in [0.3, 0.4) is 0 Å². The van der Waals surface area contributed by atoms with Crippen molar-refractivity contribution in [1.29, 1.82) is 0 Å². The van der Waals surface area contributed by atoms with Gasteiger partial charge in [-0.25, -0.2) is 4.39 Å². The van der Waals surface area contributed by atoms with E-state index in [0.29, 0.717) is 11.1 Å². The van der Waals surface area contributed by atoms with Crippen LogP contribution >= 0.6 is 11.6 Å². The van der Waals surface area contributed by atoms with Gasteiger partial charge in [0.05, 0.1) is 5.02 Å². The zero-order chi connectivity index (χ0) is 13.1. The Morgan fingerprint density at radius 1 is 0.944 bits per heavy atom. The van der Waals surface area contributed by atoms with Gasteiger partial charge in [0.2, 0.25) is 0 Å². The Morgan fingerprint density at radius 3 is 2.17 bits per heavy atom. The van der Waals surface area contributed by atoms with Crippen molar-refractivity contribution >= 4 is 23.8 Å². The third-order valence-corrected chi connectivity index (χ3v) is 3.17. The highest BCUT2D eigenvalue weighted by Gasteiger charge is 2.11. The third kappa shape index (κ3) is 2.22. The molecular weight excluding hydrogens is 247 g/mol. The molecule has 0 unspecified atom stereocenters. The van der Waals surface area contributed by atoms with Crippen molar-refractivity contribution in [2.45, 2.75) is 0 Å². The summed E-state index contributed by atoms with van der Waals surface area (Å²) in [7, 11) is 0. The van der Waals surface area contributed by atoms with E-state index in [9.17, 15) is 4.39 Å². The Labute approximate surface area is 111 Å². The Morgan fingerprint density at radius 2 is 1.61 bits per heavy atom. The van der Waals surface area contributed by atoms with Gasteiger partial charge in [0, 0.05) is 5.56 Å². The molecule has 0 saturated heterocycles. The lowest BCUT2D eigenvalue weighted by Gasteiger charge is -2.07. The summed E-state index contributed by atoms with van der Waals surface area (Å²) in [5, 5.41) is 0.107. The highest BCUT2D eigenvalue weighted by Crippen LogP contribution is 2.31. The zero-order valence-electron chi connectivity index (χ0n) is 9.79. The minimum Gasteiger partial charge on any atom is -0.205 e. The summed E-state index contributed by atoms with van der Waals surface area (Å²) in [5.41, 5.74) is 2.87. The molecule has 2 aromatic rings. The highest BCUT2D eigenvalue weighted by molar-refractivity contribution is 6.32. The van der Waals surface area contributed by atoms with Crippen LogP contribution in [0.15, 0.2) is 49.6 Å². The summed E-state index contributed by atoms with van der Waals surface area (Å²) < 4.78 is 14.1. The average Bonchev–Trinajstić information content (AvgIpc) is 2.42. The van der Waals surface area contributed by atoms with E-state index < -0.39 is 5.82 Å². The van der Waals surface area contributed by atoms with E-state index in [1.54, 1.807) is 18.2 Å². The van der Waals surface area contributed by atoms with Crippen molar-refractivity contribution in [3.05, 3.63) is 71.5 Å². The van der Waals surface area contributed by atoms with Crippen LogP contribution in [0.1, 0.15) is 11.1 Å². The van der Waals surface area contributed by atoms with E-state index in [-0.39, 0.29) is 5.02 Å². The number of halogens is 2. The minimum absolute atomic E-state index is 0.107. The van der Waals surface area contributed by atoms with E-state index >= 15 is 0 Å². The molecule has 0 aliphatic carbocycles. The quantitative estimate of drug-likeness (QED) is 0.688. The van der Waals surface area contributed by atoms with Crippen LogP contribution in [0.5, 0.6) is 0 Å².